The zero-order valence-electron chi connectivity index (χ0n) is 14.9. The van der Waals surface area contributed by atoms with Crippen molar-refractivity contribution in [2.45, 2.75) is 33.1 Å². The minimum atomic E-state index is 0.0493. The summed E-state index contributed by atoms with van der Waals surface area (Å²) in [5, 5.41) is 6.36. The van der Waals surface area contributed by atoms with Gasteiger partial charge in [0.1, 0.15) is 0 Å². The summed E-state index contributed by atoms with van der Waals surface area (Å²) in [4.78, 5) is 16.4. The number of nitrogens with one attached hydrogen (secondary N) is 2. The molecule has 0 saturated heterocycles. The summed E-state index contributed by atoms with van der Waals surface area (Å²) >= 11 is 1.49. The van der Waals surface area contributed by atoms with Crippen molar-refractivity contribution in [3.05, 3.63) is 57.9 Å². The highest BCUT2D eigenvalue weighted by molar-refractivity contribution is 7.12. The number of rotatable bonds is 5. The fourth-order valence-corrected chi connectivity index (χ4v) is 5.03. The number of aromatic nitrogens is 1. The number of hydrogen-bond donors (Lipinski definition) is 2. The molecule has 1 saturated carbocycles. The number of aryl methyl sites for hydroxylation is 1. The van der Waals surface area contributed by atoms with Gasteiger partial charge in [0.15, 0.2) is 0 Å². The van der Waals surface area contributed by atoms with Gasteiger partial charge in [-0.15, -0.1) is 11.3 Å². The number of carbonyl (C=O) groups is 1. The number of H-pyrrole nitrogens is 1. The Morgan fingerprint density at radius 1 is 1.24 bits per heavy atom. The normalized spacial score (nSPS) is 21.4. The van der Waals surface area contributed by atoms with Crippen LogP contribution >= 0.6 is 11.3 Å². The lowest BCUT2D eigenvalue weighted by molar-refractivity contribution is 0.0956. The number of hydrogen-bond acceptors (Lipinski definition) is 2. The molecule has 25 heavy (non-hydrogen) atoms. The Hall–Kier alpha value is -2.07. The highest BCUT2D eigenvalue weighted by Crippen LogP contribution is 2.67. The number of aromatic amines is 1. The highest BCUT2D eigenvalue weighted by atomic mass is 32.1. The molecule has 2 atom stereocenters. The number of carbonyl (C=O) groups excluding carboxylic acids is 1. The molecule has 0 radical (unpaired) electrons. The fraction of sp³-hybridized carbons (Fsp3) is 0.381. The third-order valence-electron chi connectivity index (χ3n) is 5.79. The van der Waals surface area contributed by atoms with E-state index >= 15 is 0 Å². The van der Waals surface area contributed by atoms with Gasteiger partial charge in [0, 0.05) is 23.1 Å². The standard InChI is InChI=1S/C21H24N2OS/c1-13-18(14-7-4-5-8-16(14)23-13)19-15(21(19,2)3)10-11-22-20(24)17-9-6-12-25-17/h4-9,12,15,19,23H,10-11H2,1-3H3,(H,22,24). The third kappa shape index (κ3) is 2.78. The lowest BCUT2D eigenvalue weighted by Gasteiger charge is -2.04. The minimum absolute atomic E-state index is 0.0493. The van der Waals surface area contributed by atoms with E-state index in [2.05, 4.69) is 55.3 Å². The van der Waals surface area contributed by atoms with Crippen molar-refractivity contribution in [2.75, 3.05) is 6.54 Å². The molecule has 2 unspecified atom stereocenters. The van der Waals surface area contributed by atoms with Gasteiger partial charge in [-0.25, -0.2) is 0 Å². The van der Waals surface area contributed by atoms with Crippen molar-refractivity contribution >= 4 is 28.1 Å². The molecule has 4 rings (SSSR count). The van der Waals surface area contributed by atoms with Crippen molar-refractivity contribution in [1.82, 2.24) is 10.3 Å². The van der Waals surface area contributed by atoms with Crippen LogP contribution in [0.4, 0.5) is 0 Å². The average molecular weight is 353 g/mol. The molecule has 1 aromatic carbocycles. The van der Waals surface area contributed by atoms with Crippen LogP contribution in [-0.2, 0) is 0 Å². The summed E-state index contributed by atoms with van der Waals surface area (Å²) in [6.45, 7) is 7.62. The van der Waals surface area contributed by atoms with Crippen LogP contribution in [0.15, 0.2) is 41.8 Å². The van der Waals surface area contributed by atoms with Crippen LogP contribution in [-0.4, -0.2) is 17.4 Å². The number of amides is 1. The van der Waals surface area contributed by atoms with Crippen LogP contribution in [0.2, 0.25) is 0 Å². The lowest BCUT2D eigenvalue weighted by Crippen LogP contribution is -2.24. The minimum Gasteiger partial charge on any atom is -0.358 e. The molecule has 1 aliphatic carbocycles. The topological polar surface area (TPSA) is 44.9 Å². The first-order valence-electron chi connectivity index (χ1n) is 8.89. The highest BCUT2D eigenvalue weighted by Gasteiger charge is 2.58. The SMILES string of the molecule is Cc1[nH]c2ccccc2c1C1C(CCNC(=O)c2cccs2)C1(C)C. The van der Waals surface area contributed by atoms with Gasteiger partial charge < -0.3 is 10.3 Å². The number of thiophene rings is 1. The predicted molar refractivity (Wildman–Crippen MR) is 104 cm³/mol. The van der Waals surface area contributed by atoms with Gasteiger partial charge in [0.2, 0.25) is 0 Å². The Morgan fingerprint density at radius 2 is 2.04 bits per heavy atom. The molecule has 130 valence electrons. The molecule has 1 aliphatic rings. The van der Waals surface area contributed by atoms with E-state index in [9.17, 15) is 4.79 Å². The Morgan fingerprint density at radius 3 is 2.80 bits per heavy atom. The molecule has 0 bridgehead atoms. The maximum atomic E-state index is 12.1. The van der Waals surface area contributed by atoms with E-state index in [-0.39, 0.29) is 11.3 Å². The maximum absolute atomic E-state index is 12.1. The van der Waals surface area contributed by atoms with Crippen LogP contribution in [0.5, 0.6) is 0 Å². The fourth-order valence-electron chi connectivity index (χ4n) is 4.39. The van der Waals surface area contributed by atoms with Crippen molar-refractivity contribution in [3.8, 4) is 0 Å². The molecule has 2 aromatic heterocycles. The van der Waals surface area contributed by atoms with Crippen molar-refractivity contribution in [3.63, 3.8) is 0 Å². The Labute approximate surface area is 152 Å². The second-order valence-corrected chi connectivity index (χ2v) is 8.58. The van der Waals surface area contributed by atoms with E-state index < -0.39 is 0 Å². The van der Waals surface area contributed by atoms with E-state index in [1.54, 1.807) is 0 Å². The third-order valence-corrected chi connectivity index (χ3v) is 6.66. The molecule has 4 heteroatoms. The number of benzene rings is 1. The van der Waals surface area contributed by atoms with Crippen molar-refractivity contribution < 1.29 is 4.79 Å². The van der Waals surface area contributed by atoms with E-state index in [0.717, 1.165) is 17.8 Å². The second kappa shape index (κ2) is 6.03. The monoisotopic (exact) mass is 352 g/mol. The largest absolute Gasteiger partial charge is 0.358 e. The molecule has 1 fully saturated rings. The summed E-state index contributed by atoms with van der Waals surface area (Å²) in [5.41, 5.74) is 4.26. The molecule has 0 spiro atoms. The van der Waals surface area contributed by atoms with Gasteiger partial charge in [-0.1, -0.05) is 38.1 Å². The maximum Gasteiger partial charge on any atom is 0.261 e. The first-order valence-corrected chi connectivity index (χ1v) is 9.77. The van der Waals surface area contributed by atoms with E-state index in [1.165, 1.54) is 33.5 Å². The van der Waals surface area contributed by atoms with Gasteiger partial charge in [-0.05, 0) is 53.7 Å². The summed E-state index contributed by atoms with van der Waals surface area (Å²) in [7, 11) is 0. The average Bonchev–Trinajstić information content (AvgIpc) is 3.00. The Kier molecular flexibility index (Phi) is 3.95. The van der Waals surface area contributed by atoms with Crippen LogP contribution in [0.3, 0.4) is 0 Å². The summed E-state index contributed by atoms with van der Waals surface area (Å²) in [6, 6.07) is 12.4. The molecule has 3 nitrogen and oxygen atoms in total. The van der Waals surface area contributed by atoms with Gasteiger partial charge in [-0.2, -0.15) is 0 Å². The smallest absolute Gasteiger partial charge is 0.261 e. The predicted octanol–water partition coefficient (Wildman–Crippen LogP) is 5.10. The summed E-state index contributed by atoms with van der Waals surface area (Å²) in [6.07, 6.45) is 1.02. The molecule has 0 aliphatic heterocycles. The molecular formula is C21H24N2OS. The van der Waals surface area contributed by atoms with Gasteiger partial charge >= 0.3 is 0 Å². The number of fused-ring (bicyclic) bond motifs is 1. The zero-order valence-corrected chi connectivity index (χ0v) is 15.7. The Bertz CT molecular complexity index is 907. The van der Waals surface area contributed by atoms with E-state index in [4.69, 9.17) is 0 Å². The van der Waals surface area contributed by atoms with Gasteiger partial charge in [-0.3, -0.25) is 4.79 Å². The zero-order chi connectivity index (χ0) is 17.6. The summed E-state index contributed by atoms with van der Waals surface area (Å²) < 4.78 is 0. The summed E-state index contributed by atoms with van der Waals surface area (Å²) in [5.74, 6) is 1.21. The van der Waals surface area contributed by atoms with Gasteiger partial charge in [0.05, 0.1) is 4.88 Å². The first kappa shape index (κ1) is 16.4. The van der Waals surface area contributed by atoms with Crippen molar-refractivity contribution in [1.29, 1.82) is 0 Å². The van der Waals surface area contributed by atoms with Crippen LogP contribution in [0.25, 0.3) is 10.9 Å². The lowest BCUT2D eigenvalue weighted by atomic mass is 10.0. The van der Waals surface area contributed by atoms with Crippen LogP contribution in [0, 0.1) is 18.3 Å². The molecule has 1 amide bonds. The Balaban J connectivity index is 1.47. The molecule has 3 aromatic rings. The molecule has 2 N–H and O–H groups in total. The van der Waals surface area contributed by atoms with Crippen molar-refractivity contribution in [2.24, 2.45) is 11.3 Å². The first-order chi connectivity index (χ1) is 12.0. The van der Waals surface area contributed by atoms with E-state index in [0.29, 0.717) is 11.8 Å². The van der Waals surface area contributed by atoms with E-state index in [1.807, 2.05) is 17.5 Å². The number of para-hydroxylation sites is 1. The van der Waals surface area contributed by atoms with Crippen LogP contribution < -0.4 is 5.32 Å². The second-order valence-electron chi connectivity index (χ2n) is 7.64. The van der Waals surface area contributed by atoms with Crippen LogP contribution in [0.1, 0.15) is 47.1 Å². The quantitative estimate of drug-likeness (QED) is 0.659. The van der Waals surface area contributed by atoms with Gasteiger partial charge in [0.25, 0.3) is 5.91 Å². The molecular weight excluding hydrogens is 328 g/mol. The molecule has 2 heterocycles.